The van der Waals surface area contributed by atoms with E-state index in [2.05, 4.69) is 24.4 Å². The van der Waals surface area contributed by atoms with Gasteiger partial charge in [-0.05, 0) is 69.6 Å². The van der Waals surface area contributed by atoms with Gasteiger partial charge in [-0.3, -0.25) is 9.59 Å². The van der Waals surface area contributed by atoms with Gasteiger partial charge in [0.15, 0.2) is 0 Å². The van der Waals surface area contributed by atoms with E-state index in [4.69, 9.17) is 5.73 Å². The molecule has 0 bridgehead atoms. The molecule has 1 unspecified atom stereocenters. The lowest BCUT2D eigenvalue weighted by atomic mass is 9.67. The number of allylic oxidation sites excluding steroid dienone is 3. The lowest BCUT2D eigenvalue weighted by Gasteiger charge is -2.36. The van der Waals surface area contributed by atoms with Gasteiger partial charge in [0.25, 0.3) is 0 Å². The van der Waals surface area contributed by atoms with Gasteiger partial charge in [0.05, 0.1) is 12.6 Å². The minimum absolute atomic E-state index is 0.0734. The average molecular weight is 435 g/mol. The molecule has 6 nitrogen and oxygen atoms in total. The van der Waals surface area contributed by atoms with E-state index in [1.54, 1.807) is 4.90 Å². The van der Waals surface area contributed by atoms with E-state index < -0.39 is 5.41 Å². The summed E-state index contributed by atoms with van der Waals surface area (Å²) in [6.07, 6.45) is 7.75. The number of likely N-dealkylation sites (tertiary alicyclic amines) is 1. The number of hydrogen-bond donors (Lipinski definition) is 2. The summed E-state index contributed by atoms with van der Waals surface area (Å²) in [7, 11) is 0. The molecule has 0 spiro atoms. The van der Waals surface area contributed by atoms with Crippen molar-refractivity contribution < 1.29 is 9.59 Å². The first-order valence-electron chi connectivity index (χ1n) is 11.5. The Kier molecular flexibility index (Phi) is 7.52. The summed E-state index contributed by atoms with van der Waals surface area (Å²) in [6.45, 7) is 6.77. The van der Waals surface area contributed by atoms with E-state index in [1.807, 2.05) is 44.2 Å². The van der Waals surface area contributed by atoms with Crippen LogP contribution in [0, 0.1) is 11.3 Å². The van der Waals surface area contributed by atoms with Gasteiger partial charge >= 0.3 is 0 Å². The Morgan fingerprint density at radius 2 is 2.12 bits per heavy atom. The molecule has 170 valence electrons. The van der Waals surface area contributed by atoms with Gasteiger partial charge in [0.1, 0.15) is 11.5 Å². The van der Waals surface area contributed by atoms with Gasteiger partial charge in [-0.15, -0.1) is 0 Å². The summed E-state index contributed by atoms with van der Waals surface area (Å²) >= 11 is 0. The molecule has 1 heterocycles. The van der Waals surface area contributed by atoms with Crippen molar-refractivity contribution in [2.24, 2.45) is 5.73 Å². The standard InChI is InChI=1S/C26H34N4O2/c1-4-8-22-18(2)12-13-20-9-5-6-11-23(20)26(22,25(28)32)15-19(3)29-17-24(31)30-14-7-10-21(30)16-27/h4-6,8-9,11,19,21,29H,7,10,12-15,17H2,1-3H3,(H2,28,32)/b8-4-/t19-,21+,26?/m1/s1. The maximum absolute atomic E-state index is 13.2. The number of nitriles is 1. The molecule has 1 saturated heterocycles. The van der Waals surface area contributed by atoms with Crippen LogP contribution in [0.1, 0.15) is 57.6 Å². The Balaban J connectivity index is 1.90. The van der Waals surface area contributed by atoms with Crippen molar-refractivity contribution in [3.8, 4) is 6.07 Å². The number of fused-ring (bicyclic) bond motifs is 1. The van der Waals surface area contributed by atoms with Crippen LogP contribution in [0.5, 0.6) is 0 Å². The number of nitrogens with two attached hydrogens (primary N) is 1. The maximum atomic E-state index is 13.2. The highest BCUT2D eigenvalue weighted by atomic mass is 16.2. The molecule has 0 radical (unpaired) electrons. The van der Waals surface area contributed by atoms with E-state index in [-0.39, 0.29) is 30.4 Å². The van der Waals surface area contributed by atoms with E-state index in [0.29, 0.717) is 13.0 Å². The van der Waals surface area contributed by atoms with E-state index >= 15 is 0 Å². The van der Waals surface area contributed by atoms with Gasteiger partial charge in [-0.25, -0.2) is 0 Å². The number of primary amides is 1. The molecule has 1 fully saturated rings. The number of aryl methyl sites for hydroxylation is 1. The zero-order chi connectivity index (χ0) is 23.3. The van der Waals surface area contributed by atoms with Crippen LogP contribution in [-0.2, 0) is 21.4 Å². The number of carbonyl (C=O) groups is 2. The molecule has 0 saturated carbocycles. The molecule has 1 aliphatic carbocycles. The molecule has 2 aliphatic rings. The molecule has 1 aliphatic heterocycles. The quantitative estimate of drug-likeness (QED) is 0.689. The van der Waals surface area contributed by atoms with Crippen molar-refractivity contribution in [3.05, 3.63) is 58.7 Å². The molecule has 3 rings (SSSR count). The number of nitrogens with zero attached hydrogens (tertiary/aromatic N) is 2. The third-order valence-corrected chi connectivity index (χ3v) is 6.86. The topological polar surface area (TPSA) is 99.2 Å². The van der Waals surface area contributed by atoms with E-state index in [9.17, 15) is 14.9 Å². The zero-order valence-corrected chi connectivity index (χ0v) is 19.4. The number of carbonyl (C=O) groups excluding carboxylic acids is 2. The van der Waals surface area contributed by atoms with E-state index in [1.165, 1.54) is 0 Å². The largest absolute Gasteiger partial charge is 0.369 e. The summed E-state index contributed by atoms with van der Waals surface area (Å²) in [6, 6.07) is 9.79. The second kappa shape index (κ2) is 10.1. The van der Waals surface area contributed by atoms with Crippen LogP contribution in [-0.4, -0.2) is 41.9 Å². The normalized spacial score (nSPS) is 24.2. The molecule has 1 aromatic carbocycles. The Morgan fingerprint density at radius 3 is 2.81 bits per heavy atom. The van der Waals surface area contributed by atoms with Crippen molar-refractivity contribution in [2.45, 2.75) is 70.4 Å². The van der Waals surface area contributed by atoms with Crippen molar-refractivity contribution >= 4 is 11.8 Å². The van der Waals surface area contributed by atoms with Crippen LogP contribution in [0.4, 0.5) is 0 Å². The minimum atomic E-state index is -0.970. The Bertz CT molecular complexity index is 974. The third-order valence-electron chi connectivity index (χ3n) is 6.86. The Morgan fingerprint density at radius 1 is 1.38 bits per heavy atom. The molecule has 0 aromatic heterocycles. The molecule has 32 heavy (non-hydrogen) atoms. The maximum Gasteiger partial charge on any atom is 0.237 e. The van der Waals surface area contributed by atoms with Crippen molar-refractivity contribution in [3.63, 3.8) is 0 Å². The number of rotatable bonds is 7. The smallest absolute Gasteiger partial charge is 0.237 e. The predicted octanol–water partition coefficient (Wildman–Crippen LogP) is 3.13. The fourth-order valence-corrected chi connectivity index (χ4v) is 5.25. The molecule has 6 heteroatoms. The van der Waals surface area contributed by atoms with E-state index in [0.717, 1.165) is 48.0 Å². The van der Waals surface area contributed by atoms with Gasteiger partial charge in [-0.2, -0.15) is 5.26 Å². The summed E-state index contributed by atoms with van der Waals surface area (Å²) < 4.78 is 0. The predicted molar refractivity (Wildman–Crippen MR) is 126 cm³/mol. The van der Waals surface area contributed by atoms with Crippen molar-refractivity contribution in [1.29, 1.82) is 5.26 Å². The lowest BCUT2D eigenvalue weighted by Crippen LogP contribution is -2.49. The highest BCUT2D eigenvalue weighted by Crippen LogP contribution is 2.44. The van der Waals surface area contributed by atoms with Crippen LogP contribution in [0.15, 0.2) is 47.6 Å². The minimum Gasteiger partial charge on any atom is -0.369 e. The highest BCUT2D eigenvalue weighted by molar-refractivity contribution is 5.92. The number of benzene rings is 1. The summed E-state index contributed by atoms with van der Waals surface area (Å²) in [5.41, 5.74) is 9.42. The van der Waals surface area contributed by atoms with Gasteiger partial charge < -0.3 is 16.0 Å². The van der Waals surface area contributed by atoms with Crippen LogP contribution >= 0.6 is 0 Å². The average Bonchev–Trinajstić information content (AvgIpc) is 3.23. The number of nitrogens with one attached hydrogen (secondary N) is 1. The first-order valence-corrected chi connectivity index (χ1v) is 11.5. The van der Waals surface area contributed by atoms with Gasteiger partial charge in [-0.1, -0.05) is 42.0 Å². The van der Waals surface area contributed by atoms with Crippen LogP contribution in [0.2, 0.25) is 0 Å². The molecule has 2 amide bonds. The zero-order valence-electron chi connectivity index (χ0n) is 19.4. The van der Waals surface area contributed by atoms with Gasteiger partial charge in [0.2, 0.25) is 11.8 Å². The van der Waals surface area contributed by atoms with Crippen LogP contribution in [0.3, 0.4) is 0 Å². The molecular formula is C26H34N4O2. The SMILES string of the molecule is C/C=C\C1=C(C)CCc2ccccc2C1(C[C@@H](C)NCC(=O)N1CCC[C@H]1C#N)C(N)=O. The van der Waals surface area contributed by atoms with Crippen molar-refractivity contribution in [2.75, 3.05) is 13.1 Å². The van der Waals surface area contributed by atoms with Crippen LogP contribution < -0.4 is 11.1 Å². The first-order chi connectivity index (χ1) is 15.3. The Hall–Kier alpha value is -2.91. The van der Waals surface area contributed by atoms with Gasteiger partial charge in [0, 0.05) is 12.6 Å². The molecule has 3 atom stereocenters. The fraction of sp³-hybridized carbons (Fsp3) is 0.500. The second-order valence-electron chi connectivity index (χ2n) is 8.98. The monoisotopic (exact) mass is 434 g/mol. The van der Waals surface area contributed by atoms with Crippen LogP contribution in [0.25, 0.3) is 0 Å². The summed E-state index contributed by atoms with van der Waals surface area (Å²) in [5, 5.41) is 12.6. The summed E-state index contributed by atoms with van der Waals surface area (Å²) in [5.74, 6) is -0.445. The Labute approximate surface area is 191 Å². The molecule has 3 N–H and O–H groups in total. The number of amides is 2. The second-order valence-corrected chi connectivity index (χ2v) is 8.98. The molecule has 1 aromatic rings. The summed E-state index contributed by atoms with van der Waals surface area (Å²) in [4.78, 5) is 27.6. The fourth-order valence-electron chi connectivity index (χ4n) is 5.25. The van der Waals surface area contributed by atoms with Crippen molar-refractivity contribution in [1.82, 2.24) is 10.2 Å². The first kappa shape index (κ1) is 23.7. The lowest BCUT2D eigenvalue weighted by molar-refractivity contribution is -0.130. The highest BCUT2D eigenvalue weighted by Gasteiger charge is 2.45. The molecular weight excluding hydrogens is 400 g/mol. The number of hydrogen-bond acceptors (Lipinski definition) is 4. The third kappa shape index (κ3) is 4.49.